The lowest BCUT2D eigenvalue weighted by atomic mass is 10.0. The molecule has 4 heteroatoms. The van der Waals surface area contributed by atoms with Gasteiger partial charge in [0.15, 0.2) is 0 Å². The quantitative estimate of drug-likeness (QED) is 0.0609. The highest BCUT2D eigenvalue weighted by atomic mass is 16.5. The highest BCUT2D eigenvalue weighted by molar-refractivity contribution is 5.42. The molecule has 0 aliphatic rings. The van der Waals surface area contributed by atoms with E-state index in [1.165, 1.54) is 186 Å². The van der Waals surface area contributed by atoms with Gasteiger partial charge >= 0.3 is 0 Å². The van der Waals surface area contributed by atoms with Gasteiger partial charge in [0.1, 0.15) is 0 Å². The molecule has 4 nitrogen and oxygen atoms in total. The van der Waals surface area contributed by atoms with Gasteiger partial charge in [0.2, 0.25) is 6.41 Å². The van der Waals surface area contributed by atoms with E-state index in [9.17, 15) is 0 Å². The van der Waals surface area contributed by atoms with Crippen LogP contribution in [0.4, 0.5) is 0 Å². The van der Waals surface area contributed by atoms with Crippen molar-refractivity contribution in [2.45, 2.75) is 213 Å². The van der Waals surface area contributed by atoms with Crippen LogP contribution in [0.5, 0.6) is 0 Å². The number of primary amides is 1. The highest BCUT2D eigenvalue weighted by Crippen LogP contribution is 2.18. The van der Waals surface area contributed by atoms with Crippen molar-refractivity contribution in [3.8, 4) is 0 Å². The molecule has 0 aromatic carbocycles. The van der Waals surface area contributed by atoms with Crippen molar-refractivity contribution in [3.63, 3.8) is 0 Å². The Balaban J connectivity index is 0. The van der Waals surface area contributed by atoms with Crippen molar-refractivity contribution in [3.05, 3.63) is 0 Å². The summed E-state index contributed by atoms with van der Waals surface area (Å²) in [5.41, 5.74) is 4.17. The first-order chi connectivity index (χ1) is 19.8. The van der Waals surface area contributed by atoms with E-state index in [-0.39, 0.29) is 13.0 Å². The molecular formula is C36H75NO3. The molecule has 0 radical (unpaired) electrons. The minimum Gasteiger partial charge on any atom is -0.396 e. The average molecular weight is 570 g/mol. The Labute approximate surface area is 252 Å². The van der Waals surface area contributed by atoms with Crippen molar-refractivity contribution in [2.24, 2.45) is 5.73 Å². The van der Waals surface area contributed by atoms with Crippen LogP contribution in [0.3, 0.4) is 0 Å². The maximum atomic E-state index is 9.10. The zero-order valence-electron chi connectivity index (χ0n) is 27.6. The average Bonchev–Trinajstić information content (AvgIpc) is 2.95. The fourth-order valence-electron chi connectivity index (χ4n) is 5.58. The molecule has 0 aromatic rings. The van der Waals surface area contributed by atoms with E-state index >= 15 is 0 Å². The molecule has 40 heavy (non-hydrogen) atoms. The SMILES string of the molecule is CCCCCCCCCCCCCCCCCC(CCCCCCCCCCCCCC)OCCCO.NC=O. The van der Waals surface area contributed by atoms with Crippen LogP contribution in [0.2, 0.25) is 0 Å². The molecule has 0 heterocycles. The Morgan fingerprint density at radius 3 is 1.00 bits per heavy atom. The predicted octanol–water partition coefficient (Wildman–Crippen LogP) is 11.2. The van der Waals surface area contributed by atoms with Gasteiger partial charge in [-0.25, -0.2) is 0 Å². The van der Waals surface area contributed by atoms with Crippen LogP contribution in [-0.2, 0) is 9.53 Å². The lowest BCUT2D eigenvalue weighted by Gasteiger charge is -2.18. The van der Waals surface area contributed by atoms with Gasteiger partial charge in [-0.05, 0) is 19.3 Å². The first-order valence-corrected chi connectivity index (χ1v) is 18.1. The zero-order chi connectivity index (χ0) is 29.6. The van der Waals surface area contributed by atoms with Gasteiger partial charge in [-0.2, -0.15) is 0 Å². The van der Waals surface area contributed by atoms with Crippen LogP contribution in [0.15, 0.2) is 0 Å². The molecule has 0 aromatic heterocycles. The molecule has 0 saturated heterocycles. The molecule has 0 aliphatic carbocycles. The van der Waals surface area contributed by atoms with Crippen LogP contribution < -0.4 is 5.73 Å². The van der Waals surface area contributed by atoms with Crippen molar-refractivity contribution < 1.29 is 14.6 Å². The predicted molar refractivity (Wildman–Crippen MR) is 177 cm³/mol. The number of aliphatic hydroxyl groups is 1. The standard InChI is InChI=1S/C35H72O2.CH3NO/c1-3-5-7-9-11-13-15-17-18-19-21-23-25-27-29-32-35(37-34-30-33-36)31-28-26-24-22-20-16-14-12-10-8-6-4-2;2-1-3/h35-36H,3-34H2,1-2H3;1H,(H2,2,3). The van der Waals surface area contributed by atoms with Gasteiger partial charge in [-0.1, -0.05) is 187 Å². The second kappa shape index (κ2) is 40.5. The first kappa shape index (κ1) is 41.5. The number of unbranched alkanes of at least 4 members (excludes halogenated alkanes) is 25. The number of carbonyl (C=O) groups excluding carboxylic acids is 1. The third-order valence-electron chi connectivity index (χ3n) is 8.17. The van der Waals surface area contributed by atoms with Gasteiger partial charge in [-0.15, -0.1) is 0 Å². The Hall–Kier alpha value is -0.610. The Kier molecular flexibility index (Phi) is 42.1. The second-order valence-corrected chi connectivity index (χ2v) is 12.1. The largest absolute Gasteiger partial charge is 0.396 e. The van der Waals surface area contributed by atoms with Gasteiger partial charge in [0.25, 0.3) is 0 Å². The molecule has 0 rings (SSSR count). The maximum Gasteiger partial charge on any atom is 0.204 e. The van der Waals surface area contributed by atoms with Crippen molar-refractivity contribution in [2.75, 3.05) is 13.2 Å². The summed E-state index contributed by atoms with van der Waals surface area (Å²) < 4.78 is 6.14. The molecule has 1 atom stereocenters. The summed E-state index contributed by atoms with van der Waals surface area (Å²) in [5, 5.41) is 9.10. The van der Waals surface area contributed by atoms with Crippen molar-refractivity contribution in [1.29, 1.82) is 0 Å². The lowest BCUT2D eigenvalue weighted by Crippen LogP contribution is -2.14. The van der Waals surface area contributed by atoms with Crippen LogP contribution in [-0.4, -0.2) is 30.8 Å². The van der Waals surface area contributed by atoms with Crippen molar-refractivity contribution >= 4 is 6.41 Å². The summed E-state index contributed by atoms with van der Waals surface area (Å²) in [7, 11) is 0. The van der Waals surface area contributed by atoms with Gasteiger partial charge in [0, 0.05) is 13.2 Å². The summed E-state index contributed by atoms with van der Waals surface area (Å²) in [6.07, 6.45) is 42.3. The number of hydrogen-bond donors (Lipinski definition) is 2. The molecular weight excluding hydrogens is 494 g/mol. The Morgan fingerprint density at radius 1 is 0.500 bits per heavy atom. The molecule has 1 amide bonds. The molecule has 0 bridgehead atoms. The summed E-state index contributed by atoms with van der Waals surface area (Å²) >= 11 is 0. The molecule has 242 valence electrons. The fourth-order valence-corrected chi connectivity index (χ4v) is 5.58. The fraction of sp³-hybridized carbons (Fsp3) is 0.972. The zero-order valence-corrected chi connectivity index (χ0v) is 27.6. The lowest BCUT2D eigenvalue weighted by molar-refractivity contribution is -0.106. The normalized spacial score (nSPS) is 11.8. The van der Waals surface area contributed by atoms with Crippen LogP contribution in [0.1, 0.15) is 206 Å². The summed E-state index contributed by atoms with van der Waals surface area (Å²) in [6, 6.07) is 0. The number of carbonyl (C=O) groups is 1. The van der Waals surface area contributed by atoms with Crippen LogP contribution >= 0.6 is 0 Å². The van der Waals surface area contributed by atoms with Crippen LogP contribution in [0.25, 0.3) is 0 Å². The first-order valence-electron chi connectivity index (χ1n) is 18.1. The molecule has 3 N–H and O–H groups in total. The van der Waals surface area contributed by atoms with E-state index in [0.29, 0.717) is 6.10 Å². The number of nitrogens with two attached hydrogens (primary N) is 1. The summed E-state index contributed by atoms with van der Waals surface area (Å²) in [5.74, 6) is 0. The van der Waals surface area contributed by atoms with E-state index < -0.39 is 0 Å². The van der Waals surface area contributed by atoms with E-state index in [1.807, 2.05) is 0 Å². The van der Waals surface area contributed by atoms with E-state index in [0.717, 1.165) is 13.0 Å². The summed E-state index contributed by atoms with van der Waals surface area (Å²) in [4.78, 5) is 8.58. The summed E-state index contributed by atoms with van der Waals surface area (Å²) in [6.45, 7) is 5.58. The third kappa shape index (κ3) is 39.5. The monoisotopic (exact) mass is 570 g/mol. The highest BCUT2D eigenvalue weighted by Gasteiger charge is 2.09. The van der Waals surface area contributed by atoms with Gasteiger partial charge < -0.3 is 15.6 Å². The molecule has 1 unspecified atom stereocenters. The van der Waals surface area contributed by atoms with E-state index in [1.54, 1.807) is 0 Å². The topological polar surface area (TPSA) is 72.6 Å². The molecule has 0 saturated carbocycles. The van der Waals surface area contributed by atoms with Crippen LogP contribution in [0, 0.1) is 0 Å². The van der Waals surface area contributed by atoms with Gasteiger partial charge in [-0.3, -0.25) is 4.79 Å². The minimum absolute atomic E-state index is 0.250. The van der Waals surface area contributed by atoms with E-state index in [4.69, 9.17) is 14.6 Å². The van der Waals surface area contributed by atoms with E-state index in [2.05, 4.69) is 19.6 Å². The minimum atomic E-state index is 0.250. The number of ether oxygens (including phenoxy) is 1. The molecule has 0 aliphatic heterocycles. The number of amides is 1. The third-order valence-corrected chi connectivity index (χ3v) is 8.17. The number of aliphatic hydroxyl groups excluding tert-OH is 1. The Morgan fingerprint density at radius 2 is 0.750 bits per heavy atom. The molecule has 0 fully saturated rings. The maximum absolute atomic E-state index is 9.10. The van der Waals surface area contributed by atoms with Gasteiger partial charge in [0.05, 0.1) is 6.10 Å². The smallest absolute Gasteiger partial charge is 0.204 e. The molecule has 0 spiro atoms. The number of hydrogen-bond acceptors (Lipinski definition) is 3. The second-order valence-electron chi connectivity index (χ2n) is 12.1. The Bertz CT molecular complexity index is 432. The van der Waals surface area contributed by atoms with Crippen molar-refractivity contribution in [1.82, 2.24) is 0 Å². The number of rotatable bonds is 33.